The van der Waals surface area contributed by atoms with Crippen LogP contribution in [0.25, 0.3) is 22.1 Å². The van der Waals surface area contributed by atoms with Crippen LogP contribution in [-0.4, -0.2) is 46.4 Å². The molecule has 4 aromatic carbocycles. The molecule has 2 N–H and O–H groups in total. The maximum absolute atomic E-state index is 14.1. The lowest BCUT2D eigenvalue weighted by Gasteiger charge is -2.28. The van der Waals surface area contributed by atoms with Gasteiger partial charge in [-0.1, -0.05) is 72.3 Å². The van der Waals surface area contributed by atoms with E-state index < -0.39 is 47.1 Å². The molecule has 12 heteroatoms. The fraction of sp³-hybridized carbons (Fsp3) is 0.268. The van der Waals surface area contributed by atoms with Gasteiger partial charge in [0.15, 0.2) is 0 Å². The molecule has 276 valence electrons. The van der Waals surface area contributed by atoms with Gasteiger partial charge >= 0.3 is 18.2 Å². The predicted molar refractivity (Wildman–Crippen MR) is 201 cm³/mol. The molecule has 0 aliphatic carbocycles. The number of amides is 3. The SMILES string of the molecule is CC(C)(C)OC(=O)N(C(=O)OC(C)(C)C)c1c(C(=O)N[C@@H](Cc2ccc(OCc3ccccc3)cc2)C(=O)O)oc2cc(-c3ccc(Cl)cc3)ccc12. The monoisotopic (exact) mass is 740 g/mol. The molecule has 0 saturated carbocycles. The molecular weight excluding hydrogens is 700 g/mol. The number of nitrogens with zero attached hydrogens (tertiary/aromatic N) is 1. The number of halogens is 1. The standard InChI is InChI=1S/C41H41ClN2O9/c1-40(2,3)52-38(48)44(39(49)53-41(4,5)6)34-31-21-16-28(27-14-17-29(42)18-15-27)23-33(31)51-35(34)36(45)43-32(37(46)47)22-25-12-19-30(20-13-25)50-24-26-10-8-7-9-11-26/h7-21,23,32H,22,24H2,1-6H3,(H,43,45)(H,46,47)/t32-/m0/s1. The summed E-state index contributed by atoms with van der Waals surface area (Å²) < 4.78 is 23.1. The number of carboxylic acid groups (broad SMARTS) is 1. The van der Waals surface area contributed by atoms with Crippen molar-refractivity contribution >= 4 is 52.3 Å². The zero-order chi connectivity index (χ0) is 38.5. The van der Waals surface area contributed by atoms with Gasteiger partial charge in [0, 0.05) is 16.8 Å². The summed E-state index contributed by atoms with van der Waals surface area (Å²) in [4.78, 5) is 54.7. The van der Waals surface area contributed by atoms with Gasteiger partial charge < -0.3 is 29.1 Å². The van der Waals surface area contributed by atoms with Crippen LogP contribution in [0.5, 0.6) is 5.75 Å². The summed E-state index contributed by atoms with van der Waals surface area (Å²) in [5.41, 5.74) is 0.829. The molecule has 1 atom stereocenters. The molecular formula is C41H41ClN2O9. The van der Waals surface area contributed by atoms with Crippen molar-refractivity contribution in [1.82, 2.24) is 5.32 Å². The van der Waals surface area contributed by atoms with Crippen molar-refractivity contribution in [3.63, 3.8) is 0 Å². The first-order valence-corrected chi connectivity index (χ1v) is 17.2. The predicted octanol–water partition coefficient (Wildman–Crippen LogP) is 9.43. The lowest BCUT2D eigenvalue weighted by Crippen LogP contribution is -2.45. The average molecular weight is 741 g/mol. The largest absolute Gasteiger partial charge is 0.489 e. The molecule has 0 spiro atoms. The number of carbonyl (C=O) groups excluding carboxylic acids is 3. The number of furan rings is 1. The van der Waals surface area contributed by atoms with Crippen LogP contribution in [0, 0.1) is 0 Å². The number of fused-ring (bicyclic) bond motifs is 1. The van der Waals surface area contributed by atoms with Gasteiger partial charge in [0.1, 0.15) is 40.9 Å². The van der Waals surface area contributed by atoms with Crippen molar-refractivity contribution in [2.45, 2.75) is 71.8 Å². The molecule has 11 nitrogen and oxygen atoms in total. The molecule has 0 bridgehead atoms. The zero-order valence-corrected chi connectivity index (χ0v) is 31.0. The van der Waals surface area contributed by atoms with Gasteiger partial charge in [-0.05, 0) is 100 Å². The summed E-state index contributed by atoms with van der Waals surface area (Å²) in [6, 6.07) is 27.1. The highest BCUT2D eigenvalue weighted by Crippen LogP contribution is 2.38. The molecule has 53 heavy (non-hydrogen) atoms. The number of aliphatic carboxylic acids is 1. The third-order valence-electron chi connectivity index (χ3n) is 7.64. The van der Waals surface area contributed by atoms with Crippen molar-refractivity contribution in [2.75, 3.05) is 4.90 Å². The van der Waals surface area contributed by atoms with E-state index in [4.69, 9.17) is 30.2 Å². The minimum atomic E-state index is -1.43. The van der Waals surface area contributed by atoms with Crippen LogP contribution in [-0.2, 0) is 27.3 Å². The number of hydrogen-bond donors (Lipinski definition) is 2. The fourth-order valence-electron chi connectivity index (χ4n) is 5.28. The van der Waals surface area contributed by atoms with E-state index in [2.05, 4.69) is 5.32 Å². The van der Waals surface area contributed by atoms with Gasteiger partial charge in [-0.25, -0.2) is 14.4 Å². The number of hydrogen-bond acceptors (Lipinski definition) is 8. The molecule has 5 rings (SSSR count). The molecule has 1 aromatic heterocycles. The quantitative estimate of drug-likeness (QED) is 0.143. The Balaban J connectivity index is 1.51. The second-order valence-electron chi connectivity index (χ2n) is 14.3. The first-order valence-electron chi connectivity index (χ1n) is 16.9. The van der Waals surface area contributed by atoms with Crippen LogP contribution < -0.4 is 15.0 Å². The minimum Gasteiger partial charge on any atom is -0.489 e. The molecule has 0 aliphatic heterocycles. The number of rotatable bonds is 10. The Hall–Kier alpha value is -5.81. The molecule has 5 aromatic rings. The fourth-order valence-corrected chi connectivity index (χ4v) is 5.40. The van der Waals surface area contributed by atoms with E-state index in [1.807, 2.05) is 30.3 Å². The van der Waals surface area contributed by atoms with Gasteiger partial charge in [-0.3, -0.25) is 4.79 Å². The van der Waals surface area contributed by atoms with E-state index in [0.29, 0.717) is 33.4 Å². The molecule has 0 unspecified atom stereocenters. The van der Waals surface area contributed by atoms with E-state index in [0.717, 1.165) is 11.1 Å². The average Bonchev–Trinajstić information content (AvgIpc) is 3.45. The number of carbonyl (C=O) groups is 4. The molecule has 0 aliphatic rings. The molecule has 0 radical (unpaired) electrons. The number of carboxylic acids is 1. The Morgan fingerprint density at radius 1 is 0.774 bits per heavy atom. The smallest absolute Gasteiger partial charge is 0.424 e. The highest BCUT2D eigenvalue weighted by atomic mass is 35.5. The zero-order valence-electron chi connectivity index (χ0n) is 30.3. The van der Waals surface area contributed by atoms with Crippen molar-refractivity contribution in [2.24, 2.45) is 0 Å². The lowest BCUT2D eigenvalue weighted by molar-refractivity contribution is -0.139. The Morgan fingerprint density at radius 2 is 1.36 bits per heavy atom. The Morgan fingerprint density at radius 3 is 1.92 bits per heavy atom. The van der Waals surface area contributed by atoms with Crippen molar-refractivity contribution in [3.05, 3.63) is 119 Å². The van der Waals surface area contributed by atoms with E-state index in [9.17, 15) is 24.3 Å². The molecule has 0 saturated heterocycles. The van der Waals surface area contributed by atoms with Crippen LogP contribution in [0.15, 0.2) is 101 Å². The number of nitrogens with one attached hydrogen (secondary N) is 1. The summed E-state index contributed by atoms with van der Waals surface area (Å²) in [6.45, 7) is 10.1. The van der Waals surface area contributed by atoms with E-state index in [-0.39, 0.29) is 23.1 Å². The van der Waals surface area contributed by atoms with Crippen LogP contribution in [0.3, 0.4) is 0 Å². The summed E-state index contributed by atoms with van der Waals surface area (Å²) >= 11 is 6.09. The number of ether oxygens (including phenoxy) is 3. The topological polar surface area (TPSA) is 145 Å². The Kier molecular flexibility index (Phi) is 11.5. The second kappa shape index (κ2) is 15.8. The summed E-state index contributed by atoms with van der Waals surface area (Å²) in [6.07, 6.45) is -2.36. The third-order valence-corrected chi connectivity index (χ3v) is 7.89. The molecule has 0 fully saturated rings. The van der Waals surface area contributed by atoms with Gasteiger partial charge in [-0.15, -0.1) is 0 Å². The summed E-state index contributed by atoms with van der Waals surface area (Å²) in [5.74, 6) is -2.22. The van der Waals surface area contributed by atoms with Gasteiger partial charge in [0.25, 0.3) is 5.91 Å². The Labute approximate surface area is 312 Å². The number of anilines is 1. The van der Waals surface area contributed by atoms with E-state index in [1.165, 1.54) is 0 Å². The van der Waals surface area contributed by atoms with E-state index >= 15 is 0 Å². The third kappa shape index (κ3) is 10.2. The van der Waals surface area contributed by atoms with Crippen molar-refractivity contribution in [3.8, 4) is 16.9 Å². The van der Waals surface area contributed by atoms with Crippen molar-refractivity contribution in [1.29, 1.82) is 0 Å². The maximum Gasteiger partial charge on any atom is 0.424 e. The van der Waals surface area contributed by atoms with Crippen molar-refractivity contribution < 1.29 is 42.9 Å². The van der Waals surface area contributed by atoms with Crippen LogP contribution in [0.4, 0.5) is 15.3 Å². The van der Waals surface area contributed by atoms with Gasteiger partial charge in [0.2, 0.25) is 5.76 Å². The summed E-state index contributed by atoms with van der Waals surface area (Å²) in [5, 5.41) is 13.4. The highest BCUT2D eigenvalue weighted by molar-refractivity contribution is 6.30. The number of imide groups is 1. The van der Waals surface area contributed by atoms with Gasteiger partial charge in [-0.2, -0.15) is 4.90 Å². The first kappa shape index (κ1) is 38.4. The normalized spacial score (nSPS) is 12.1. The Bertz CT molecular complexity index is 2070. The van der Waals surface area contributed by atoms with Crippen LogP contribution in [0.1, 0.15) is 63.2 Å². The van der Waals surface area contributed by atoms with Crippen LogP contribution >= 0.6 is 11.6 Å². The number of benzene rings is 4. The highest BCUT2D eigenvalue weighted by Gasteiger charge is 2.39. The minimum absolute atomic E-state index is 0.0990. The second-order valence-corrected chi connectivity index (χ2v) is 14.7. The maximum atomic E-state index is 14.1. The molecule has 3 amide bonds. The van der Waals surface area contributed by atoms with E-state index in [1.54, 1.807) is 108 Å². The van der Waals surface area contributed by atoms with Gasteiger partial charge in [0.05, 0.1) is 0 Å². The lowest BCUT2D eigenvalue weighted by atomic mass is 10.0. The summed E-state index contributed by atoms with van der Waals surface area (Å²) in [7, 11) is 0. The first-order chi connectivity index (χ1) is 25.0. The molecule has 1 heterocycles. The van der Waals surface area contributed by atoms with Crippen LogP contribution in [0.2, 0.25) is 5.02 Å².